The summed E-state index contributed by atoms with van der Waals surface area (Å²) in [6.07, 6.45) is 5.38. The first-order valence-corrected chi connectivity index (χ1v) is 9.63. The van der Waals surface area contributed by atoms with Crippen LogP contribution in [0.15, 0.2) is 11.8 Å². The molecule has 0 aliphatic carbocycles. The van der Waals surface area contributed by atoms with Crippen LogP contribution in [0.4, 0.5) is 0 Å². The predicted octanol–water partition coefficient (Wildman–Crippen LogP) is 2.27. The smallest absolute Gasteiger partial charge is 0.0682 e. The SMILES string of the molecule is C[Si](C)(C)/C=C\CCN1CCC(O)CC1. The van der Waals surface area contributed by atoms with Gasteiger partial charge in [0.2, 0.25) is 0 Å². The Kier molecular flexibility index (Phi) is 5.03. The molecule has 0 radical (unpaired) electrons. The lowest BCUT2D eigenvalue weighted by molar-refractivity contribution is 0.0835. The fraction of sp³-hybridized carbons (Fsp3) is 0.833. The topological polar surface area (TPSA) is 23.5 Å². The third-order valence-corrected chi connectivity index (χ3v) is 4.02. The second-order valence-corrected chi connectivity index (χ2v) is 10.7. The summed E-state index contributed by atoms with van der Waals surface area (Å²) in [7, 11) is -0.994. The first-order chi connectivity index (χ1) is 6.97. The van der Waals surface area contributed by atoms with Gasteiger partial charge in [0.15, 0.2) is 0 Å². The molecule has 0 aromatic heterocycles. The molecule has 1 fully saturated rings. The summed E-state index contributed by atoms with van der Waals surface area (Å²) >= 11 is 0. The summed E-state index contributed by atoms with van der Waals surface area (Å²) in [6.45, 7) is 10.4. The molecule has 0 unspecified atom stereocenters. The lowest BCUT2D eigenvalue weighted by atomic mass is 10.1. The lowest BCUT2D eigenvalue weighted by Crippen LogP contribution is -2.36. The molecule has 0 bridgehead atoms. The van der Waals surface area contributed by atoms with Crippen LogP contribution in [0.25, 0.3) is 0 Å². The average Bonchev–Trinajstić information content (AvgIpc) is 2.14. The maximum absolute atomic E-state index is 9.37. The highest BCUT2D eigenvalue weighted by atomic mass is 28.3. The van der Waals surface area contributed by atoms with Gasteiger partial charge in [-0.3, -0.25) is 0 Å². The summed E-state index contributed by atoms with van der Waals surface area (Å²) in [4.78, 5) is 2.46. The van der Waals surface area contributed by atoms with Crippen molar-refractivity contribution in [2.45, 2.75) is 45.0 Å². The minimum atomic E-state index is -0.994. The van der Waals surface area contributed by atoms with Crippen LogP contribution in [-0.2, 0) is 0 Å². The van der Waals surface area contributed by atoms with Crippen molar-refractivity contribution in [3.05, 3.63) is 11.8 Å². The third kappa shape index (κ3) is 6.13. The first kappa shape index (κ1) is 12.9. The van der Waals surface area contributed by atoms with Gasteiger partial charge in [0.25, 0.3) is 0 Å². The Bertz CT molecular complexity index is 202. The maximum Gasteiger partial charge on any atom is 0.0682 e. The van der Waals surface area contributed by atoms with Crippen LogP contribution in [0, 0.1) is 0 Å². The number of hydrogen-bond acceptors (Lipinski definition) is 2. The molecule has 1 heterocycles. The van der Waals surface area contributed by atoms with Crippen molar-refractivity contribution in [1.82, 2.24) is 4.90 Å². The molecule has 0 aromatic rings. The molecule has 1 saturated heterocycles. The number of rotatable bonds is 4. The average molecular weight is 227 g/mol. The van der Waals surface area contributed by atoms with Gasteiger partial charge in [-0.05, 0) is 19.3 Å². The quantitative estimate of drug-likeness (QED) is 0.745. The molecule has 0 aromatic carbocycles. The zero-order valence-electron chi connectivity index (χ0n) is 10.4. The van der Waals surface area contributed by atoms with Crippen molar-refractivity contribution in [2.75, 3.05) is 19.6 Å². The van der Waals surface area contributed by atoms with Gasteiger partial charge < -0.3 is 10.0 Å². The monoisotopic (exact) mass is 227 g/mol. The number of nitrogens with zero attached hydrogens (tertiary/aromatic N) is 1. The third-order valence-electron chi connectivity index (χ3n) is 2.79. The van der Waals surface area contributed by atoms with Crippen molar-refractivity contribution >= 4 is 8.07 Å². The highest BCUT2D eigenvalue weighted by Crippen LogP contribution is 2.10. The van der Waals surface area contributed by atoms with Gasteiger partial charge in [-0.15, -0.1) is 0 Å². The summed E-state index contributed by atoms with van der Waals surface area (Å²) < 4.78 is 0. The Labute approximate surface area is 95.0 Å². The van der Waals surface area contributed by atoms with Crippen LogP contribution >= 0.6 is 0 Å². The normalized spacial score (nSPS) is 21.3. The van der Waals surface area contributed by atoms with Crippen molar-refractivity contribution < 1.29 is 5.11 Å². The number of aliphatic hydroxyl groups excluding tert-OH is 1. The van der Waals surface area contributed by atoms with E-state index in [0.717, 1.165) is 32.5 Å². The molecule has 0 amide bonds. The van der Waals surface area contributed by atoms with E-state index < -0.39 is 8.07 Å². The molecular weight excluding hydrogens is 202 g/mol. The fourth-order valence-electron chi connectivity index (χ4n) is 1.84. The van der Waals surface area contributed by atoms with Gasteiger partial charge >= 0.3 is 0 Å². The summed E-state index contributed by atoms with van der Waals surface area (Å²) in [5.74, 6) is 0. The van der Waals surface area contributed by atoms with E-state index in [1.807, 2.05) is 0 Å². The number of piperidine rings is 1. The highest BCUT2D eigenvalue weighted by molar-refractivity contribution is 6.80. The lowest BCUT2D eigenvalue weighted by Gasteiger charge is -2.29. The second kappa shape index (κ2) is 5.82. The standard InChI is InChI=1S/C12H25NOSi/c1-15(2,3)11-5-4-8-13-9-6-12(14)7-10-13/h5,11-12,14H,4,6-10H2,1-3H3/b11-5-. The molecule has 0 atom stereocenters. The zero-order valence-corrected chi connectivity index (χ0v) is 11.4. The van der Waals surface area contributed by atoms with E-state index in [1.165, 1.54) is 6.42 Å². The molecular formula is C12H25NOSi. The van der Waals surface area contributed by atoms with E-state index in [4.69, 9.17) is 0 Å². The zero-order chi connectivity index (χ0) is 11.3. The Morgan fingerprint density at radius 1 is 1.27 bits per heavy atom. The molecule has 15 heavy (non-hydrogen) atoms. The summed E-state index contributed by atoms with van der Waals surface area (Å²) in [5, 5.41) is 9.37. The van der Waals surface area contributed by atoms with E-state index in [0.29, 0.717) is 0 Å². The highest BCUT2D eigenvalue weighted by Gasteiger charge is 2.15. The molecule has 2 nitrogen and oxygen atoms in total. The molecule has 3 heteroatoms. The first-order valence-electron chi connectivity index (χ1n) is 6.05. The van der Waals surface area contributed by atoms with E-state index in [1.54, 1.807) is 0 Å². The van der Waals surface area contributed by atoms with E-state index >= 15 is 0 Å². The van der Waals surface area contributed by atoms with Crippen LogP contribution in [0.5, 0.6) is 0 Å². The summed E-state index contributed by atoms with van der Waals surface area (Å²) in [6, 6.07) is 0. The Balaban J connectivity index is 2.13. The van der Waals surface area contributed by atoms with Crippen LogP contribution in [0.2, 0.25) is 19.6 Å². The molecule has 1 rings (SSSR count). The second-order valence-electron chi connectivity index (χ2n) is 5.63. The Morgan fingerprint density at radius 2 is 1.87 bits per heavy atom. The van der Waals surface area contributed by atoms with E-state index in [9.17, 15) is 5.11 Å². The van der Waals surface area contributed by atoms with Gasteiger partial charge in [0, 0.05) is 19.6 Å². The van der Waals surface area contributed by atoms with Crippen LogP contribution in [-0.4, -0.2) is 43.8 Å². The van der Waals surface area contributed by atoms with Gasteiger partial charge in [0.05, 0.1) is 14.2 Å². The molecule has 0 spiro atoms. The molecule has 88 valence electrons. The predicted molar refractivity (Wildman–Crippen MR) is 68.8 cm³/mol. The molecule has 0 saturated carbocycles. The van der Waals surface area contributed by atoms with Crippen molar-refractivity contribution in [3.8, 4) is 0 Å². The van der Waals surface area contributed by atoms with Crippen LogP contribution in [0.1, 0.15) is 19.3 Å². The molecule has 1 aliphatic heterocycles. The molecule has 1 aliphatic rings. The Hall–Kier alpha value is -0.123. The van der Waals surface area contributed by atoms with Gasteiger partial charge in [0.1, 0.15) is 0 Å². The van der Waals surface area contributed by atoms with Crippen molar-refractivity contribution in [2.24, 2.45) is 0 Å². The largest absolute Gasteiger partial charge is 0.393 e. The number of likely N-dealkylation sites (tertiary alicyclic amines) is 1. The number of aliphatic hydroxyl groups is 1. The minimum absolute atomic E-state index is 0.0428. The van der Waals surface area contributed by atoms with Gasteiger partial charge in [-0.1, -0.05) is 31.4 Å². The minimum Gasteiger partial charge on any atom is -0.393 e. The van der Waals surface area contributed by atoms with Crippen molar-refractivity contribution in [1.29, 1.82) is 0 Å². The van der Waals surface area contributed by atoms with Crippen LogP contribution in [0.3, 0.4) is 0 Å². The summed E-state index contributed by atoms with van der Waals surface area (Å²) in [5.41, 5.74) is 2.42. The van der Waals surface area contributed by atoms with Gasteiger partial charge in [-0.25, -0.2) is 0 Å². The number of hydrogen-bond donors (Lipinski definition) is 1. The van der Waals surface area contributed by atoms with Gasteiger partial charge in [-0.2, -0.15) is 0 Å². The van der Waals surface area contributed by atoms with E-state index in [-0.39, 0.29) is 6.10 Å². The van der Waals surface area contributed by atoms with E-state index in [2.05, 4.69) is 36.3 Å². The maximum atomic E-state index is 9.37. The van der Waals surface area contributed by atoms with Crippen molar-refractivity contribution in [3.63, 3.8) is 0 Å². The van der Waals surface area contributed by atoms with Crippen LogP contribution < -0.4 is 0 Å². The fourth-order valence-corrected chi connectivity index (χ4v) is 2.71. The molecule has 1 N–H and O–H groups in total. The Morgan fingerprint density at radius 3 is 2.40 bits per heavy atom.